The Kier molecular flexibility index (Phi) is 3.21. The summed E-state index contributed by atoms with van der Waals surface area (Å²) in [7, 11) is 1.99. The number of benzene rings is 1. The van der Waals surface area contributed by atoms with E-state index in [1.165, 1.54) is 5.56 Å². The molecule has 1 aliphatic rings. The molecule has 1 atom stereocenters. The van der Waals surface area contributed by atoms with Crippen LogP contribution in [0.5, 0.6) is 5.75 Å². The van der Waals surface area contributed by atoms with Crippen molar-refractivity contribution < 1.29 is 4.74 Å². The largest absolute Gasteiger partial charge is 0.493 e. The van der Waals surface area contributed by atoms with Gasteiger partial charge in [0.05, 0.1) is 13.2 Å². The molecule has 1 aliphatic heterocycles. The summed E-state index contributed by atoms with van der Waals surface area (Å²) >= 11 is 0. The predicted octanol–water partition coefficient (Wildman–Crippen LogP) is 1.74. The highest BCUT2D eigenvalue weighted by Gasteiger charge is 2.20. The number of nitrogens with zero attached hydrogens (tertiary/aromatic N) is 3. The summed E-state index contributed by atoms with van der Waals surface area (Å²) in [6.45, 7) is 3.43. The topological polar surface area (TPSA) is 52.0 Å². The number of ether oxygens (including phenoxy) is 1. The van der Waals surface area contributed by atoms with Crippen molar-refractivity contribution >= 4 is 0 Å². The Morgan fingerprint density at radius 1 is 1.37 bits per heavy atom. The number of fused-ring (bicyclic) bond motifs is 1. The maximum Gasteiger partial charge on any atom is 0.146 e. The van der Waals surface area contributed by atoms with Crippen molar-refractivity contribution in [3.05, 3.63) is 41.5 Å². The van der Waals surface area contributed by atoms with E-state index in [4.69, 9.17) is 4.74 Å². The molecule has 1 N–H and O–H groups in total. The van der Waals surface area contributed by atoms with E-state index >= 15 is 0 Å². The van der Waals surface area contributed by atoms with Crippen LogP contribution in [-0.2, 0) is 13.6 Å². The zero-order chi connectivity index (χ0) is 13.2. The first-order chi connectivity index (χ1) is 9.25. The van der Waals surface area contributed by atoms with Gasteiger partial charge in [0, 0.05) is 25.1 Å². The molecule has 100 valence electrons. The van der Waals surface area contributed by atoms with Crippen LogP contribution < -0.4 is 10.1 Å². The van der Waals surface area contributed by atoms with Crippen LogP contribution in [-0.4, -0.2) is 21.4 Å². The average Bonchev–Trinajstić information content (AvgIpc) is 2.76. The van der Waals surface area contributed by atoms with E-state index < -0.39 is 0 Å². The first-order valence-electron chi connectivity index (χ1n) is 6.55. The number of nitrogens with one attached hydrogen (secondary N) is 1. The van der Waals surface area contributed by atoms with Gasteiger partial charge in [-0.15, -0.1) is 10.2 Å². The van der Waals surface area contributed by atoms with Crippen LogP contribution in [0.25, 0.3) is 0 Å². The molecule has 0 amide bonds. The molecule has 0 saturated carbocycles. The van der Waals surface area contributed by atoms with Crippen molar-refractivity contribution in [3.63, 3.8) is 0 Å². The molecule has 0 aliphatic carbocycles. The molecule has 5 nitrogen and oxygen atoms in total. The van der Waals surface area contributed by atoms with Crippen molar-refractivity contribution in [1.82, 2.24) is 20.1 Å². The quantitative estimate of drug-likeness (QED) is 0.911. The molecule has 2 heterocycles. The van der Waals surface area contributed by atoms with Gasteiger partial charge in [0.2, 0.25) is 0 Å². The molecular formula is C14H18N4O. The molecule has 0 radical (unpaired) electrons. The fourth-order valence-electron chi connectivity index (χ4n) is 2.37. The highest BCUT2D eigenvalue weighted by molar-refractivity contribution is 5.37. The number of hydrogen-bond acceptors (Lipinski definition) is 4. The second-order valence-electron chi connectivity index (χ2n) is 4.83. The van der Waals surface area contributed by atoms with Crippen molar-refractivity contribution in [2.24, 2.45) is 7.05 Å². The van der Waals surface area contributed by atoms with E-state index in [1.807, 2.05) is 30.7 Å². The van der Waals surface area contributed by atoms with Crippen molar-refractivity contribution in [3.8, 4) is 5.75 Å². The number of rotatable bonds is 3. The molecule has 1 aromatic carbocycles. The van der Waals surface area contributed by atoms with Gasteiger partial charge in [0.1, 0.15) is 17.4 Å². The van der Waals surface area contributed by atoms with Gasteiger partial charge in [-0.1, -0.05) is 18.2 Å². The van der Waals surface area contributed by atoms with Gasteiger partial charge >= 0.3 is 0 Å². The minimum atomic E-state index is 0.321. The molecule has 19 heavy (non-hydrogen) atoms. The van der Waals surface area contributed by atoms with Crippen LogP contribution in [0.3, 0.4) is 0 Å². The van der Waals surface area contributed by atoms with Gasteiger partial charge in [-0.25, -0.2) is 0 Å². The summed E-state index contributed by atoms with van der Waals surface area (Å²) in [6.07, 6.45) is 0.980. The van der Waals surface area contributed by atoms with Gasteiger partial charge in [0.25, 0.3) is 0 Å². The summed E-state index contributed by atoms with van der Waals surface area (Å²) in [4.78, 5) is 0. The van der Waals surface area contributed by atoms with E-state index in [0.717, 1.165) is 37.0 Å². The van der Waals surface area contributed by atoms with Gasteiger partial charge < -0.3 is 14.6 Å². The minimum absolute atomic E-state index is 0.321. The third-order valence-electron chi connectivity index (χ3n) is 3.65. The Bertz CT molecular complexity index is 579. The van der Waals surface area contributed by atoms with Crippen LogP contribution in [0.15, 0.2) is 24.3 Å². The Labute approximate surface area is 112 Å². The lowest BCUT2D eigenvalue weighted by molar-refractivity contribution is 0.251. The van der Waals surface area contributed by atoms with Crippen LogP contribution in [0.1, 0.15) is 29.7 Å². The fraction of sp³-hybridized carbons (Fsp3) is 0.429. The van der Waals surface area contributed by atoms with Gasteiger partial charge in [-0.3, -0.25) is 0 Å². The summed E-state index contributed by atoms with van der Waals surface area (Å²) in [5.74, 6) is 2.88. The first kappa shape index (κ1) is 12.2. The molecule has 0 fully saturated rings. The van der Waals surface area contributed by atoms with Crippen molar-refractivity contribution in [2.75, 3.05) is 6.61 Å². The third-order valence-corrected chi connectivity index (χ3v) is 3.65. The number of hydrogen-bond donors (Lipinski definition) is 1. The SMILES string of the molecule is Cc1nnc(CNC2CCOc3ccccc32)n1C. The Balaban J connectivity index is 1.73. The lowest BCUT2D eigenvalue weighted by atomic mass is 10.0. The average molecular weight is 258 g/mol. The molecule has 0 spiro atoms. The van der Waals surface area contributed by atoms with Crippen molar-refractivity contribution in [1.29, 1.82) is 0 Å². The molecule has 3 rings (SSSR count). The smallest absolute Gasteiger partial charge is 0.146 e. The lowest BCUT2D eigenvalue weighted by Gasteiger charge is -2.26. The molecule has 1 aromatic heterocycles. The van der Waals surface area contributed by atoms with Crippen LogP contribution >= 0.6 is 0 Å². The summed E-state index contributed by atoms with van der Waals surface area (Å²) in [5.41, 5.74) is 1.23. The molecule has 5 heteroatoms. The predicted molar refractivity (Wildman–Crippen MR) is 71.9 cm³/mol. The minimum Gasteiger partial charge on any atom is -0.493 e. The zero-order valence-electron chi connectivity index (χ0n) is 11.3. The number of aromatic nitrogens is 3. The molecule has 0 bridgehead atoms. The van der Waals surface area contributed by atoms with E-state index in [9.17, 15) is 0 Å². The van der Waals surface area contributed by atoms with Crippen LogP contribution in [0.2, 0.25) is 0 Å². The fourth-order valence-corrected chi connectivity index (χ4v) is 2.37. The highest BCUT2D eigenvalue weighted by Crippen LogP contribution is 2.31. The Morgan fingerprint density at radius 2 is 2.21 bits per heavy atom. The second-order valence-corrected chi connectivity index (χ2v) is 4.83. The van der Waals surface area contributed by atoms with Crippen LogP contribution in [0.4, 0.5) is 0 Å². The normalized spacial score (nSPS) is 17.9. The third kappa shape index (κ3) is 2.33. The van der Waals surface area contributed by atoms with Crippen LogP contribution in [0, 0.1) is 6.92 Å². The molecule has 2 aromatic rings. The van der Waals surface area contributed by atoms with E-state index in [-0.39, 0.29) is 0 Å². The Hall–Kier alpha value is -1.88. The zero-order valence-corrected chi connectivity index (χ0v) is 11.3. The van der Waals surface area contributed by atoms with E-state index in [1.54, 1.807) is 0 Å². The molecule has 1 unspecified atom stereocenters. The molecular weight excluding hydrogens is 240 g/mol. The van der Waals surface area contributed by atoms with Gasteiger partial charge in [-0.05, 0) is 13.0 Å². The molecule has 0 saturated heterocycles. The standard InChI is InChI=1S/C14H18N4O/c1-10-16-17-14(18(10)2)9-15-12-7-8-19-13-6-4-3-5-11(12)13/h3-6,12,15H,7-9H2,1-2H3. The van der Waals surface area contributed by atoms with Gasteiger partial charge in [0.15, 0.2) is 0 Å². The highest BCUT2D eigenvalue weighted by atomic mass is 16.5. The summed E-state index contributed by atoms with van der Waals surface area (Å²) in [5, 5.41) is 11.8. The Morgan fingerprint density at radius 3 is 3.00 bits per heavy atom. The van der Waals surface area contributed by atoms with E-state index in [2.05, 4.69) is 27.6 Å². The summed E-state index contributed by atoms with van der Waals surface area (Å²) in [6, 6.07) is 8.52. The lowest BCUT2D eigenvalue weighted by Crippen LogP contribution is -2.27. The first-order valence-corrected chi connectivity index (χ1v) is 6.55. The maximum absolute atomic E-state index is 5.66. The van der Waals surface area contributed by atoms with Crippen molar-refractivity contribution in [2.45, 2.75) is 25.9 Å². The number of para-hydroxylation sites is 1. The van der Waals surface area contributed by atoms with Gasteiger partial charge in [-0.2, -0.15) is 0 Å². The number of aryl methyl sites for hydroxylation is 1. The van der Waals surface area contributed by atoms with E-state index in [0.29, 0.717) is 6.04 Å². The monoisotopic (exact) mass is 258 g/mol. The second kappa shape index (κ2) is 5.01. The summed E-state index contributed by atoms with van der Waals surface area (Å²) < 4.78 is 7.67. The maximum atomic E-state index is 5.66.